The molecule has 0 bridgehead atoms. The van der Waals surface area contributed by atoms with Crippen LogP contribution in [0.2, 0.25) is 0 Å². The highest BCUT2D eigenvalue weighted by atomic mass is 32.2. The standard InChI is InChI=1S/C24H29N3O5S/c1-32-21-11-5-4-10-20(21)27-17-19(15-23(27)28)24(29)25-16-18-9-3-6-12-22(18)33(30,31)26-13-7-2-8-14-26/h3-6,9-12,19H,2,7-8,13-17H2,1H3,(H,25,29). The molecule has 2 heterocycles. The number of rotatable bonds is 7. The zero-order valence-corrected chi connectivity index (χ0v) is 19.5. The van der Waals surface area contributed by atoms with Crippen LogP contribution in [0.25, 0.3) is 0 Å². The lowest BCUT2D eigenvalue weighted by atomic mass is 10.1. The molecule has 9 heteroatoms. The average Bonchev–Trinajstić information content (AvgIpc) is 3.24. The summed E-state index contributed by atoms with van der Waals surface area (Å²) < 4.78 is 33.2. The van der Waals surface area contributed by atoms with Crippen LogP contribution >= 0.6 is 0 Å². The molecular weight excluding hydrogens is 442 g/mol. The maximum absolute atomic E-state index is 13.2. The topological polar surface area (TPSA) is 96.0 Å². The molecule has 2 aromatic rings. The molecule has 2 saturated heterocycles. The van der Waals surface area contributed by atoms with Gasteiger partial charge in [0.1, 0.15) is 5.75 Å². The van der Waals surface area contributed by atoms with Crippen molar-refractivity contribution in [1.29, 1.82) is 0 Å². The monoisotopic (exact) mass is 471 g/mol. The number of benzene rings is 2. The van der Waals surface area contributed by atoms with Crippen LogP contribution in [0.1, 0.15) is 31.2 Å². The minimum atomic E-state index is -3.62. The summed E-state index contributed by atoms with van der Waals surface area (Å²) in [6.07, 6.45) is 2.85. The number of para-hydroxylation sites is 2. The fourth-order valence-corrected chi connectivity index (χ4v) is 6.18. The summed E-state index contributed by atoms with van der Waals surface area (Å²) in [5, 5.41) is 2.85. The van der Waals surface area contributed by atoms with Crippen LogP contribution in [0, 0.1) is 5.92 Å². The lowest BCUT2D eigenvalue weighted by Gasteiger charge is -2.27. The van der Waals surface area contributed by atoms with E-state index in [1.807, 2.05) is 12.1 Å². The average molecular weight is 472 g/mol. The Balaban J connectivity index is 1.44. The third-order valence-corrected chi connectivity index (χ3v) is 8.23. The Morgan fingerprint density at radius 1 is 1.06 bits per heavy atom. The van der Waals surface area contributed by atoms with E-state index in [1.54, 1.807) is 48.4 Å². The van der Waals surface area contributed by atoms with Crippen LogP contribution in [0.15, 0.2) is 53.4 Å². The molecule has 1 atom stereocenters. The fourth-order valence-electron chi connectivity index (χ4n) is 4.44. The van der Waals surface area contributed by atoms with Gasteiger partial charge >= 0.3 is 0 Å². The number of ether oxygens (including phenoxy) is 1. The Bertz CT molecular complexity index is 1130. The van der Waals surface area contributed by atoms with Gasteiger partial charge in [0, 0.05) is 32.6 Å². The van der Waals surface area contributed by atoms with E-state index < -0.39 is 15.9 Å². The fraction of sp³-hybridized carbons (Fsp3) is 0.417. The molecule has 0 aromatic heterocycles. The third-order valence-electron chi connectivity index (χ3n) is 6.23. The van der Waals surface area contributed by atoms with Crippen molar-refractivity contribution in [3.05, 3.63) is 54.1 Å². The van der Waals surface area contributed by atoms with Crippen molar-refractivity contribution < 1.29 is 22.7 Å². The van der Waals surface area contributed by atoms with Crippen LogP contribution in [0.4, 0.5) is 5.69 Å². The van der Waals surface area contributed by atoms with Gasteiger partial charge in [0.05, 0.1) is 23.6 Å². The smallest absolute Gasteiger partial charge is 0.243 e. The first-order chi connectivity index (χ1) is 15.9. The number of nitrogens with zero attached hydrogens (tertiary/aromatic N) is 2. The van der Waals surface area contributed by atoms with Gasteiger partial charge in [0.25, 0.3) is 0 Å². The highest BCUT2D eigenvalue weighted by Crippen LogP contribution is 2.33. The second-order valence-corrected chi connectivity index (χ2v) is 10.3. The summed E-state index contributed by atoms with van der Waals surface area (Å²) in [5.74, 6) is -0.365. The second-order valence-electron chi connectivity index (χ2n) is 8.37. The van der Waals surface area contributed by atoms with Crippen molar-refractivity contribution in [1.82, 2.24) is 9.62 Å². The van der Waals surface area contributed by atoms with E-state index in [4.69, 9.17) is 4.74 Å². The molecule has 4 rings (SSSR count). The summed E-state index contributed by atoms with van der Waals surface area (Å²) in [4.78, 5) is 27.3. The van der Waals surface area contributed by atoms with Crippen molar-refractivity contribution in [3.63, 3.8) is 0 Å². The van der Waals surface area contributed by atoms with Crippen molar-refractivity contribution in [2.45, 2.75) is 37.1 Å². The molecule has 2 aromatic carbocycles. The van der Waals surface area contributed by atoms with Crippen molar-refractivity contribution in [2.24, 2.45) is 5.92 Å². The summed E-state index contributed by atoms with van der Waals surface area (Å²) >= 11 is 0. The summed E-state index contributed by atoms with van der Waals surface area (Å²) in [6.45, 7) is 1.37. The summed E-state index contributed by atoms with van der Waals surface area (Å²) in [5.41, 5.74) is 1.18. The quantitative estimate of drug-likeness (QED) is 0.670. The largest absolute Gasteiger partial charge is 0.495 e. The first kappa shape index (κ1) is 23.3. The molecule has 2 fully saturated rings. The number of carbonyl (C=O) groups is 2. The molecule has 1 unspecified atom stereocenters. The Morgan fingerprint density at radius 2 is 1.76 bits per heavy atom. The highest BCUT2D eigenvalue weighted by molar-refractivity contribution is 7.89. The van der Waals surface area contributed by atoms with Gasteiger partial charge in [-0.2, -0.15) is 4.31 Å². The van der Waals surface area contributed by atoms with Gasteiger partial charge in [-0.15, -0.1) is 0 Å². The number of piperidine rings is 1. The molecule has 0 radical (unpaired) electrons. The Hall–Kier alpha value is -2.91. The van der Waals surface area contributed by atoms with Gasteiger partial charge in [0.2, 0.25) is 21.8 Å². The zero-order valence-electron chi connectivity index (χ0n) is 18.7. The van der Waals surface area contributed by atoms with Gasteiger partial charge in [-0.3, -0.25) is 9.59 Å². The molecule has 0 spiro atoms. The number of nitrogens with one attached hydrogen (secondary N) is 1. The maximum Gasteiger partial charge on any atom is 0.243 e. The summed E-state index contributed by atoms with van der Waals surface area (Å²) in [7, 11) is -2.07. The molecule has 2 amide bonds. The number of carbonyl (C=O) groups excluding carboxylic acids is 2. The SMILES string of the molecule is COc1ccccc1N1CC(C(=O)NCc2ccccc2S(=O)(=O)N2CCCCC2)CC1=O. The third kappa shape index (κ3) is 4.89. The number of amides is 2. The van der Waals surface area contributed by atoms with Crippen molar-refractivity contribution >= 4 is 27.5 Å². The van der Waals surface area contributed by atoms with Gasteiger partial charge in [-0.1, -0.05) is 36.8 Å². The normalized spacial score (nSPS) is 19.5. The van der Waals surface area contributed by atoms with Gasteiger partial charge < -0.3 is 15.0 Å². The minimum Gasteiger partial charge on any atom is -0.495 e. The molecule has 176 valence electrons. The molecule has 1 N–H and O–H groups in total. The second kappa shape index (κ2) is 9.93. The van der Waals surface area contributed by atoms with E-state index >= 15 is 0 Å². The van der Waals surface area contributed by atoms with Crippen molar-refractivity contribution in [3.8, 4) is 5.75 Å². The van der Waals surface area contributed by atoms with E-state index in [-0.39, 0.29) is 36.2 Å². The molecule has 0 saturated carbocycles. The van der Waals surface area contributed by atoms with Crippen LogP contribution < -0.4 is 15.0 Å². The van der Waals surface area contributed by atoms with Crippen LogP contribution in [-0.2, 0) is 26.2 Å². The van der Waals surface area contributed by atoms with Crippen LogP contribution in [0.5, 0.6) is 5.75 Å². The first-order valence-electron chi connectivity index (χ1n) is 11.2. The summed E-state index contributed by atoms with van der Waals surface area (Å²) in [6, 6.07) is 14.0. The predicted octanol–water partition coefficient (Wildman–Crippen LogP) is 2.54. The van der Waals surface area contributed by atoms with Crippen LogP contribution in [-0.4, -0.2) is 51.3 Å². The number of sulfonamides is 1. The predicted molar refractivity (Wildman–Crippen MR) is 124 cm³/mol. The number of hydrogen-bond donors (Lipinski definition) is 1. The van der Waals surface area contributed by atoms with Crippen molar-refractivity contribution in [2.75, 3.05) is 31.6 Å². The zero-order chi connectivity index (χ0) is 23.4. The lowest BCUT2D eigenvalue weighted by Crippen LogP contribution is -2.37. The number of anilines is 1. The van der Waals surface area contributed by atoms with E-state index in [9.17, 15) is 18.0 Å². The molecule has 0 aliphatic carbocycles. The molecule has 2 aliphatic heterocycles. The van der Waals surface area contributed by atoms with E-state index in [0.717, 1.165) is 19.3 Å². The van der Waals surface area contributed by atoms with Gasteiger partial charge in [-0.25, -0.2) is 8.42 Å². The van der Waals surface area contributed by atoms with Gasteiger partial charge in [-0.05, 0) is 36.6 Å². The minimum absolute atomic E-state index is 0.0847. The Labute approximate surface area is 194 Å². The maximum atomic E-state index is 13.2. The number of hydrogen-bond acceptors (Lipinski definition) is 5. The molecular formula is C24H29N3O5S. The molecule has 2 aliphatic rings. The highest BCUT2D eigenvalue weighted by Gasteiger charge is 2.36. The Kier molecular flexibility index (Phi) is 6.99. The molecule has 33 heavy (non-hydrogen) atoms. The number of methoxy groups -OCH3 is 1. The van der Waals surface area contributed by atoms with Crippen LogP contribution in [0.3, 0.4) is 0 Å². The lowest BCUT2D eigenvalue weighted by molar-refractivity contribution is -0.126. The first-order valence-corrected chi connectivity index (χ1v) is 12.6. The Morgan fingerprint density at radius 3 is 2.52 bits per heavy atom. The van der Waals surface area contributed by atoms with E-state index in [1.165, 1.54) is 4.31 Å². The molecule has 8 nitrogen and oxygen atoms in total. The van der Waals surface area contributed by atoms with Gasteiger partial charge in [0.15, 0.2) is 0 Å². The van der Waals surface area contributed by atoms with E-state index in [0.29, 0.717) is 30.1 Å². The van der Waals surface area contributed by atoms with E-state index in [2.05, 4.69) is 5.32 Å².